The molecule has 0 amide bonds. The maximum absolute atomic E-state index is 17.4. The second-order valence-electron chi connectivity index (χ2n) is 19.7. The third-order valence-corrected chi connectivity index (χ3v) is 14.8. The van der Waals surface area contributed by atoms with Crippen LogP contribution in [0.3, 0.4) is 0 Å². The normalized spacial score (nSPS) is 10.9. The number of rotatable bonds is 7. The molecule has 2 heterocycles. The highest BCUT2D eigenvalue weighted by Crippen LogP contribution is 2.49. The van der Waals surface area contributed by atoms with Gasteiger partial charge in [-0.05, 0) is 190 Å². The standard InChI is InChI=1S/C70H30F3N11/c71-70(72,73)68-67(83-63-9-4-49(54-19-41(32-75)14-42(20-54)33-76)27-59(63)60-28-50(5-10-64(60)83)55-21-43(34-77)15-44(22-55)35-78)13-8-58(53-3-1-2-40(18-53)31-74)69(68)84-65-11-6-51(56-23-45(36-79)16-46(24-56)37-80)29-61(65)62-30-52(7-12-66(62)84)57-25-47(38-81)17-48(26-57)39-82/h1-30H. The Morgan fingerprint density at radius 2 is 0.571 bits per heavy atom. The van der Waals surface area contributed by atoms with E-state index in [1.807, 2.05) is 0 Å². The lowest BCUT2D eigenvalue weighted by Gasteiger charge is -2.24. The Morgan fingerprint density at radius 1 is 0.274 bits per heavy atom. The molecule has 386 valence electrons. The van der Waals surface area contributed by atoms with E-state index in [0.717, 1.165) is 0 Å². The molecular formula is C70H30F3N11. The summed E-state index contributed by atoms with van der Waals surface area (Å²) in [7, 11) is 0. The fourth-order valence-corrected chi connectivity index (χ4v) is 11.2. The number of nitrogens with zero attached hydrogens (tertiary/aromatic N) is 11. The first-order valence-electron chi connectivity index (χ1n) is 25.5. The van der Waals surface area contributed by atoms with Crippen LogP contribution in [0.4, 0.5) is 13.2 Å². The van der Waals surface area contributed by atoms with Crippen LogP contribution in [0, 0.1) is 102 Å². The predicted octanol–water partition coefficient (Wildman–Crippen LogP) is 16.1. The minimum absolute atomic E-state index is 0.109. The molecule has 0 saturated heterocycles. The number of hydrogen-bond donors (Lipinski definition) is 0. The van der Waals surface area contributed by atoms with E-state index in [0.29, 0.717) is 93.7 Å². The van der Waals surface area contributed by atoms with Crippen molar-refractivity contribution in [1.82, 2.24) is 9.13 Å². The average Bonchev–Trinajstić information content (AvgIpc) is 1.63. The van der Waals surface area contributed by atoms with Gasteiger partial charge in [0.15, 0.2) is 0 Å². The van der Waals surface area contributed by atoms with Gasteiger partial charge in [0.1, 0.15) is 5.56 Å². The van der Waals surface area contributed by atoms with Gasteiger partial charge in [0.25, 0.3) is 0 Å². The summed E-state index contributed by atoms with van der Waals surface area (Å²) in [5.41, 5.74) is 6.24. The highest BCUT2D eigenvalue weighted by molar-refractivity contribution is 6.14. The highest BCUT2D eigenvalue weighted by Gasteiger charge is 2.40. The molecular weight excluding hydrogens is 1050 g/mol. The molecule has 0 aliphatic rings. The van der Waals surface area contributed by atoms with Gasteiger partial charge in [0, 0.05) is 27.1 Å². The van der Waals surface area contributed by atoms with Crippen molar-refractivity contribution in [2.24, 2.45) is 0 Å². The second kappa shape index (κ2) is 20.3. The van der Waals surface area contributed by atoms with E-state index in [4.69, 9.17) is 0 Å². The lowest BCUT2D eigenvalue weighted by Crippen LogP contribution is -2.17. The fraction of sp³-hybridized carbons (Fsp3) is 0.0143. The summed E-state index contributed by atoms with van der Waals surface area (Å²) in [6.45, 7) is 0. The first kappa shape index (κ1) is 51.7. The second-order valence-corrected chi connectivity index (χ2v) is 19.7. The molecule has 11 nitrogen and oxygen atoms in total. The van der Waals surface area contributed by atoms with Crippen LogP contribution in [0.15, 0.2) is 182 Å². The van der Waals surface area contributed by atoms with Crippen molar-refractivity contribution in [1.29, 1.82) is 47.4 Å². The first-order chi connectivity index (χ1) is 40.8. The Bertz CT molecular complexity index is 4930. The molecule has 0 N–H and O–H groups in total. The van der Waals surface area contributed by atoms with Gasteiger partial charge in [0.05, 0.1) is 138 Å². The number of hydrogen-bond acceptors (Lipinski definition) is 9. The summed E-state index contributed by atoms with van der Waals surface area (Å²) < 4.78 is 55.2. The topological polar surface area (TPSA) is 224 Å². The predicted molar refractivity (Wildman–Crippen MR) is 310 cm³/mol. The van der Waals surface area contributed by atoms with Gasteiger partial charge in [-0.3, -0.25) is 0 Å². The number of halogens is 3. The van der Waals surface area contributed by atoms with E-state index in [9.17, 15) is 47.4 Å². The van der Waals surface area contributed by atoms with Crippen LogP contribution in [-0.2, 0) is 6.18 Å². The molecule has 0 unspecified atom stereocenters. The lowest BCUT2D eigenvalue weighted by atomic mass is 9.96. The van der Waals surface area contributed by atoms with Crippen molar-refractivity contribution in [2.45, 2.75) is 6.18 Å². The van der Waals surface area contributed by atoms with Crippen LogP contribution in [0.2, 0.25) is 0 Å². The molecule has 0 atom stereocenters. The maximum Gasteiger partial charge on any atom is 0.420 e. The quantitative estimate of drug-likeness (QED) is 0.148. The van der Waals surface area contributed by atoms with Crippen LogP contribution in [0.25, 0.3) is 111 Å². The molecule has 0 aliphatic heterocycles. The summed E-state index contributed by atoms with van der Waals surface area (Å²) in [6.07, 6.45) is -5.15. The van der Waals surface area contributed by atoms with Gasteiger partial charge >= 0.3 is 6.18 Å². The zero-order chi connectivity index (χ0) is 58.6. The minimum atomic E-state index is -5.15. The maximum atomic E-state index is 17.4. The molecule has 0 saturated carbocycles. The molecule has 10 aromatic carbocycles. The van der Waals surface area contributed by atoms with Gasteiger partial charge in [-0.15, -0.1) is 0 Å². The van der Waals surface area contributed by atoms with Crippen LogP contribution in [0.1, 0.15) is 55.6 Å². The van der Waals surface area contributed by atoms with Crippen molar-refractivity contribution >= 4 is 43.6 Å². The molecule has 0 aliphatic carbocycles. The van der Waals surface area contributed by atoms with Crippen LogP contribution >= 0.6 is 0 Å². The van der Waals surface area contributed by atoms with Crippen molar-refractivity contribution in [3.8, 4) is 122 Å². The van der Waals surface area contributed by atoms with E-state index >= 15 is 13.2 Å². The Kier molecular flexibility index (Phi) is 12.5. The molecule has 0 radical (unpaired) electrons. The van der Waals surface area contributed by atoms with E-state index in [2.05, 4.69) is 54.6 Å². The van der Waals surface area contributed by atoms with Crippen molar-refractivity contribution in [2.75, 3.05) is 0 Å². The minimum Gasteiger partial charge on any atom is -0.309 e. The van der Waals surface area contributed by atoms with Gasteiger partial charge < -0.3 is 9.13 Å². The Labute approximate surface area is 476 Å². The zero-order valence-electron chi connectivity index (χ0n) is 43.4. The summed E-state index contributed by atoms with van der Waals surface area (Å²) in [5, 5.41) is 91.8. The highest BCUT2D eigenvalue weighted by atomic mass is 19.4. The molecule has 0 bridgehead atoms. The van der Waals surface area contributed by atoms with Gasteiger partial charge in [0.2, 0.25) is 0 Å². The summed E-state index contributed by atoms with van der Waals surface area (Å²) in [6, 6.07) is 67.7. The largest absolute Gasteiger partial charge is 0.420 e. The molecule has 0 spiro atoms. The van der Waals surface area contributed by atoms with Crippen molar-refractivity contribution in [3.05, 3.63) is 238 Å². The Balaban J connectivity index is 1.22. The summed E-state index contributed by atoms with van der Waals surface area (Å²) in [4.78, 5) is 0. The van der Waals surface area contributed by atoms with Crippen LogP contribution in [-0.4, -0.2) is 9.13 Å². The Hall–Kier alpha value is -13.0. The molecule has 84 heavy (non-hydrogen) atoms. The average molecular weight is 1080 g/mol. The molecule has 0 fully saturated rings. The number of nitriles is 9. The number of aromatic nitrogens is 2. The SMILES string of the molecule is N#Cc1cc(C#N)cc(-c2ccc3c(c2)c2cc(-c4cc(C#N)cc(C#N)c4)ccc2n3-c2ccc(-c3cccc(C#N)c3)c(-n3c4ccc(-c5cc(C#N)cc(C#N)c5)cc4c4cc(-c5cc(C#N)cc(C#N)c5)ccc43)c2C(F)(F)F)c1. The number of alkyl halides is 3. The third-order valence-electron chi connectivity index (χ3n) is 14.8. The zero-order valence-corrected chi connectivity index (χ0v) is 43.4. The molecule has 2 aromatic heterocycles. The van der Waals surface area contributed by atoms with Crippen molar-refractivity contribution < 1.29 is 13.2 Å². The van der Waals surface area contributed by atoms with E-state index < -0.39 is 11.7 Å². The van der Waals surface area contributed by atoms with Crippen LogP contribution in [0.5, 0.6) is 0 Å². The molecule has 14 heteroatoms. The van der Waals surface area contributed by atoms with Gasteiger partial charge in [-0.2, -0.15) is 60.5 Å². The molecule has 12 rings (SSSR count). The lowest BCUT2D eigenvalue weighted by molar-refractivity contribution is -0.137. The number of fused-ring (bicyclic) bond motifs is 6. The monoisotopic (exact) mass is 1080 g/mol. The van der Waals surface area contributed by atoms with Gasteiger partial charge in [-0.25, -0.2) is 0 Å². The van der Waals surface area contributed by atoms with Gasteiger partial charge in [-0.1, -0.05) is 42.5 Å². The van der Waals surface area contributed by atoms with E-state index in [-0.39, 0.29) is 67.0 Å². The van der Waals surface area contributed by atoms with E-state index in [1.54, 1.807) is 150 Å². The Morgan fingerprint density at radius 3 is 0.869 bits per heavy atom. The first-order valence-corrected chi connectivity index (χ1v) is 25.5. The third kappa shape index (κ3) is 8.84. The summed E-state index contributed by atoms with van der Waals surface area (Å²) >= 11 is 0. The number of benzene rings is 10. The smallest absolute Gasteiger partial charge is 0.309 e. The van der Waals surface area contributed by atoms with Crippen molar-refractivity contribution in [3.63, 3.8) is 0 Å². The van der Waals surface area contributed by atoms with Crippen LogP contribution < -0.4 is 0 Å². The van der Waals surface area contributed by atoms with E-state index in [1.165, 1.54) is 41.0 Å². The molecule has 12 aromatic rings. The fourth-order valence-electron chi connectivity index (χ4n) is 11.2. The summed E-state index contributed by atoms with van der Waals surface area (Å²) in [5.74, 6) is 0.